The number of aliphatic hydroxyl groups is 1. The van der Waals surface area contributed by atoms with E-state index in [0.29, 0.717) is 5.56 Å². The Hall–Kier alpha value is -1.46. The van der Waals surface area contributed by atoms with Crippen LogP contribution in [0.25, 0.3) is 0 Å². The number of pyridine rings is 1. The molecule has 5 nitrogen and oxygen atoms in total. The Bertz CT molecular complexity index is 390. The molecule has 1 amide bonds. The van der Waals surface area contributed by atoms with Crippen molar-refractivity contribution in [2.45, 2.75) is 31.4 Å². The average molecular weight is 249 g/mol. The van der Waals surface area contributed by atoms with Crippen molar-refractivity contribution in [3.8, 4) is 0 Å². The Morgan fingerprint density at radius 2 is 1.89 bits per heavy atom. The van der Waals surface area contributed by atoms with Crippen LogP contribution in [0.5, 0.6) is 0 Å². The Balaban J connectivity index is 2.01. The lowest BCUT2D eigenvalue weighted by Crippen LogP contribution is -2.48. The monoisotopic (exact) mass is 249 g/mol. The van der Waals surface area contributed by atoms with Gasteiger partial charge in [-0.05, 0) is 37.0 Å². The Morgan fingerprint density at radius 1 is 1.28 bits per heavy atom. The molecule has 1 aromatic heterocycles. The number of piperidine rings is 1. The summed E-state index contributed by atoms with van der Waals surface area (Å²) in [6, 6.07) is 2.45. The summed E-state index contributed by atoms with van der Waals surface area (Å²) in [7, 11) is 0. The van der Waals surface area contributed by atoms with Crippen molar-refractivity contribution in [3.05, 3.63) is 30.1 Å². The summed E-state index contributed by atoms with van der Waals surface area (Å²) in [4.78, 5) is 17.8. The van der Waals surface area contributed by atoms with Gasteiger partial charge >= 0.3 is 0 Å². The van der Waals surface area contributed by atoms with Crippen molar-refractivity contribution in [3.63, 3.8) is 0 Å². The quantitative estimate of drug-likeness (QED) is 0.815. The second-order valence-corrected chi connectivity index (χ2v) is 4.64. The van der Waals surface area contributed by atoms with Crippen LogP contribution in [0, 0.1) is 0 Å². The van der Waals surface area contributed by atoms with Crippen LogP contribution in [0.2, 0.25) is 0 Å². The molecule has 0 bridgehead atoms. The molecule has 1 aromatic rings. The van der Waals surface area contributed by atoms with Gasteiger partial charge in [-0.25, -0.2) is 0 Å². The van der Waals surface area contributed by atoms with E-state index in [9.17, 15) is 9.90 Å². The van der Waals surface area contributed by atoms with Crippen molar-refractivity contribution in [1.29, 1.82) is 0 Å². The SMILES string of the molecule is N[C@@H](C(=O)N1CCCCC1)[C@@H](O)c1ccncc1. The van der Waals surface area contributed by atoms with Crippen molar-refractivity contribution in [2.75, 3.05) is 13.1 Å². The normalized spacial score (nSPS) is 19.3. The number of likely N-dealkylation sites (tertiary alicyclic amines) is 1. The molecular weight excluding hydrogens is 230 g/mol. The maximum absolute atomic E-state index is 12.1. The van der Waals surface area contributed by atoms with Crippen LogP contribution in [-0.4, -0.2) is 40.0 Å². The third-order valence-corrected chi connectivity index (χ3v) is 3.34. The predicted molar refractivity (Wildman–Crippen MR) is 67.6 cm³/mol. The number of carbonyl (C=O) groups excluding carboxylic acids is 1. The van der Waals surface area contributed by atoms with Gasteiger partial charge in [0, 0.05) is 25.5 Å². The first-order valence-electron chi connectivity index (χ1n) is 6.32. The van der Waals surface area contributed by atoms with Crippen LogP contribution >= 0.6 is 0 Å². The largest absolute Gasteiger partial charge is 0.386 e. The van der Waals surface area contributed by atoms with Crippen molar-refractivity contribution in [1.82, 2.24) is 9.88 Å². The topological polar surface area (TPSA) is 79.5 Å². The number of amides is 1. The summed E-state index contributed by atoms with van der Waals surface area (Å²) < 4.78 is 0. The second kappa shape index (κ2) is 5.93. The highest BCUT2D eigenvalue weighted by Gasteiger charge is 2.28. The van der Waals surface area contributed by atoms with Gasteiger partial charge in [0.1, 0.15) is 12.1 Å². The molecule has 1 saturated heterocycles. The number of carbonyl (C=O) groups is 1. The molecule has 5 heteroatoms. The zero-order valence-corrected chi connectivity index (χ0v) is 10.3. The number of hydrogen-bond acceptors (Lipinski definition) is 4. The smallest absolute Gasteiger partial charge is 0.242 e. The fourth-order valence-corrected chi connectivity index (χ4v) is 2.23. The van der Waals surface area contributed by atoms with Crippen LogP contribution in [-0.2, 0) is 4.79 Å². The van der Waals surface area contributed by atoms with E-state index in [2.05, 4.69) is 4.98 Å². The summed E-state index contributed by atoms with van der Waals surface area (Å²) in [5.74, 6) is -0.168. The molecule has 0 saturated carbocycles. The Labute approximate surface area is 107 Å². The molecular formula is C13H19N3O2. The van der Waals surface area contributed by atoms with E-state index < -0.39 is 12.1 Å². The first kappa shape index (κ1) is 13.0. The van der Waals surface area contributed by atoms with Gasteiger partial charge in [0.2, 0.25) is 5.91 Å². The third kappa shape index (κ3) is 2.86. The van der Waals surface area contributed by atoms with E-state index >= 15 is 0 Å². The number of nitrogens with zero attached hydrogens (tertiary/aromatic N) is 2. The van der Waals surface area contributed by atoms with Crippen molar-refractivity contribution in [2.24, 2.45) is 5.73 Å². The van der Waals surface area contributed by atoms with Crippen LogP contribution in [0.1, 0.15) is 30.9 Å². The molecule has 18 heavy (non-hydrogen) atoms. The maximum atomic E-state index is 12.1. The highest BCUT2D eigenvalue weighted by Crippen LogP contribution is 2.18. The summed E-state index contributed by atoms with van der Waals surface area (Å²) in [6.45, 7) is 1.49. The Morgan fingerprint density at radius 3 is 2.50 bits per heavy atom. The van der Waals surface area contributed by atoms with E-state index in [0.717, 1.165) is 32.4 Å². The van der Waals surface area contributed by atoms with Gasteiger partial charge in [-0.2, -0.15) is 0 Å². The molecule has 1 fully saturated rings. The minimum absolute atomic E-state index is 0.168. The van der Waals surface area contributed by atoms with E-state index in [1.807, 2.05) is 0 Å². The molecule has 3 N–H and O–H groups in total. The maximum Gasteiger partial charge on any atom is 0.242 e. The van der Waals surface area contributed by atoms with E-state index in [1.54, 1.807) is 29.4 Å². The standard InChI is InChI=1S/C13H19N3O2/c14-11(12(17)10-4-6-15-7-5-10)13(18)16-8-2-1-3-9-16/h4-7,11-12,17H,1-3,8-9,14H2/t11-,12+/m1/s1. The zero-order chi connectivity index (χ0) is 13.0. The van der Waals surface area contributed by atoms with Gasteiger partial charge in [0.25, 0.3) is 0 Å². The lowest BCUT2D eigenvalue weighted by Gasteiger charge is -2.30. The minimum atomic E-state index is -0.970. The van der Waals surface area contributed by atoms with Crippen LogP contribution in [0.4, 0.5) is 0 Å². The number of rotatable bonds is 3. The van der Waals surface area contributed by atoms with E-state index in [1.165, 1.54) is 0 Å². The Kier molecular flexibility index (Phi) is 4.28. The fourth-order valence-electron chi connectivity index (χ4n) is 2.23. The summed E-state index contributed by atoms with van der Waals surface area (Å²) in [5, 5.41) is 10.1. The molecule has 0 aromatic carbocycles. The molecule has 0 radical (unpaired) electrons. The van der Waals surface area contributed by atoms with Crippen molar-refractivity contribution >= 4 is 5.91 Å². The number of hydrogen-bond donors (Lipinski definition) is 2. The number of nitrogens with two attached hydrogens (primary N) is 1. The fraction of sp³-hybridized carbons (Fsp3) is 0.538. The van der Waals surface area contributed by atoms with E-state index in [-0.39, 0.29) is 5.91 Å². The summed E-state index contributed by atoms with van der Waals surface area (Å²) in [5.41, 5.74) is 6.49. The molecule has 0 aliphatic carbocycles. The number of aliphatic hydroxyl groups excluding tert-OH is 1. The highest BCUT2D eigenvalue weighted by molar-refractivity contribution is 5.82. The average Bonchev–Trinajstić information content (AvgIpc) is 2.47. The van der Waals surface area contributed by atoms with E-state index in [4.69, 9.17) is 5.73 Å². The highest BCUT2D eigenvalue weighted by atomic mass is 16.3. The van der Waals surface area contributed by atoms with Gasteiger partial charge in [-0.1, -0.05) is 0 Å². The van der Waals surface area contributed by atoms with Gasteiger partial charge in [-0.15, -0.1) is 0 Å². The zero-order valence-electron chi connectivity index (χ0n) is 10.3. The molecule has 98 valence electrons. The van der Waals surface area contributed by atoms with Gasteiger partial charge in [-0.3, -0.25) is 9.78 Å². The van der Waals surface area contributed by atoms with Gasteiger partial charge in [0.15, 0.2) is 0 Å². The first-order valence-corrected chi connectivity index (χ1v) is 6.32. The molecule has 2 heterocycles. The number of aromatic nitrogens is 1. The lowest BCUT2D eigenvalue weighted by atomic mass is 10.0. The van der Waals surface area contributed by atoms with Gasteiger partial charge in [0.05, 0.1) is 0 Å². The van der Waals surface area contributed by atoms with Crippen LogP contribution in [0.15, 0.2) is 24.5 Å². The van der Waals surface area contributed by atoms with Crippen molar-refractivity contribution < 1.29 is 9.90 Å². The molecule has 2 atom stereocenters. The van der Waals surface area contributed by atoms with Crippen LogP contribution < -0.4 is 5.73 Å². The first-order chi connectivity index (χ1) is 8.70. The predicted octanol–water partition coefficient (Wildman–Crippen LogP) is 0.455. The second-order valence-electron chi connectivity index (χ2n) is 4.64. The molecule has 1 aliphatic heterocycles. The molecule has 0 spiro atoms. The lowest BCUT2D eigenvalue weighted by molar-refractivity contribution is -0.136. The minimum Gasteiger partial charge on any atom is -0.386 e. The molecule has 2 rings (SSSR count). The van der Waals surface area contributed by atoms with Crippen LogP contribution in [0.3, 0.4) is 0 Å². The summed E-state index contributed by atoms with van der Waals surface area (Å²) in [6.07, 6.45) is 5.38. The molecule has 1 aliphatic rings. The molecule has 0 unspecified atom stereocenters. The third-order valence-electron chi connectivity index (χ3n) is 3.34. The summed E-state index contributed by atoms with van der Waals surface area (Å²) >= 11 is 0. The van der Waals surface area contributed by atoms with Gasteiger partial charge < -0.3 is 15.7 Å².